The maximum Gasteiger partial charge on any atom is 0.126 e. The van der Waals surface area contributed by atoms with Crippen molar-refractivity contribution in [1.29, 1.82) is 0 Å². The van der Waals surface area contributed by atoms with Crippen LogP contribution in [-0.4, -0.2) is 9.78 Å². The standard InChI is InChI=1S/C12H13ClF2N4/c1-19-12(10(13)6-17-19)11(18-16)4-7-2-8(14)5-9(15)3-7/h2-3,5-6,11,18H,4,16H2,1H3. The molecular weight excluding hydrogens is 274 g/mol. The fourth-order valence-electron chi connectivity index (χ4n) is 2.01. The van der Waals surface area contributed by atoms with E-state index in [0.29, 0.717) is 22.7 Å². The largest absolute Gasteiger partial charge is 0.271 e. The first kappa shape index (κ1) is 13.9. The molecule has 1 heterocycles. The minimum Gasteiger partial charge on any atom is -0.271 e. The Bertz CT molecular complexity index is 545. The Kier molecular flexibility index (Phi) is 4.14. The van der Waals surface area contributed by atoms with Gasteiger partial charge >= 0.3 is 0 Å². The number of hydrazine groups is 1. The van der Waals surface area contributed by atoms with Gasteiger partial charge in [-0.15, -0.1) is 0 Å². The fourth-order valence-corrected chi connectivity index (χ4v) is 2.31. The van der Waals surface area contributed by atoms with Crippen molar-refractivity contribution < 1.29 is 8.78 Å². The van der Waals surface area contributed by atoms with Gasteiger partial charge in [0.15, 0.2) is 0 Å². The molecule has 1 aromatic carbocycles. The molecule has 0 radical (unpaired) electrons. The molecule has 0 aliphatic rings. The molecule has 0 amide bonds. The summed E-state index contributed by atoms with van der Waals surface area (Å²) in [6.07, 6.45) is 1.79. The van der Waals surface area contributed by atoms with Gasteiger partial charge < -0.3 is 0 Å². The van der Waals surface area contributed by atoms with Crippen molar-refractivity contribution in [2.45, 2.75) is 12.5 Å². The minimum atomic E-state index is -0.623. The Morgan fingerprint density at radius 3 is 2.47 bits per heavy atom. The van der Waals surface area contributed by atoms with E-state index in [1.54, 1.807) is 11.7 Å². The van der Waals surface area contributed by atoms with Gasteiger partial charge in [-0.05, 0) is 24.1 Å². The van der Waals surface area contributed by atoms with Crippen LogP contribution >= 0.6 is 11.6 Å². The van der Waals surface area contributed by atoms with Crippen molar-refractivity contribution in [3.05, 3.63) is 52.3 Å². The van der Waals surface area contributed by atoms with Gasteiger partial charge in [-0.3, -0.25) is 16.0 Å². The number of nitrogens with two attached hydrogens (primary N) is 1. The van der Waals surface area contributed by atoms with Crippen molar-refractivity contribution in [2.75, 3.05) is 0 Å². The number of halogens is 3. The summed E-state index contributed by atoms with van der Waals surface area (Å²) in [7, 11) is 1.72. The molecule has 0 saturated carbocycles. The molecule has 4 nitrogen and oxygen atoms in total. The normalized spacial score (nSPS) is 12.7. The molecule has 1 aromatic heterocycles. The van der Waals surface area contributed by atoms with E-state index >= 15 is 0 Å². The second-order valence-electron chi connectivity index (χ2n) is 4.20. The van der Waals surface area contributed by atoms with Crippen LogP contribution in [-0.2, 0) is 13.5 Å². The number of benzene rings is 1. The van der Waals surface area contributed by atoms with E-state index in [1.165, 1.54) is 18.3 Å². The first-order valence-corrected chi connectivity index (χ1v) is 5.97. The summed E-state index contributed by atoms with van der Waals surface area (Å²) in [4.78, 5) is 0. The molecule has 102 valence electrons. The predicted octanol–water partition coefficient (Wildman–Crippen LogP) is 2.10. The van der Waals surface area contributed by atoms with Gasteiger partial charge in [-0.1, -0.05) is 11.6 Å². The SMILES string of the molecule is Cn1ncc(Cl)c1C(Cc1cc(F)cc(F)c1)NN. The van der Waals surface area contributed by atoms with Crippen LogP contribution in [0.3, 0.4) is 0 Å². The zero-order valence-electron chi connectivity index (χ0n) is 10.2. The lowest BCUT2D eigenvalue weighted by atomic mass is 10.0. The molecule has 0 bridgehead atoms. The fraction of sp³-hybridized carbons (Fsp3) is 0.250. The third-order valence-corrected chi connectivity index (χ3v) is 3.12. The van der Waals surface area contributed by atoms with E-state index in [9.17, 15) is 8.78 Å². The summed E-state index contributed by atoms with van der Waals surface area (Å²) in [6.45, 7) is 0. The molecule has 0 fully saturated rings. The molecular formula is C12H13ClF2N4. The van der Waals surface area contributed by atoms with Gasteiger partial charge in [0.05, 0.1) is 23.0 Å². The number of aryl methyl sites for hydroxylation is 1. The van der Waals surface area contributed by atoms with Gasteiger partial charge in [0, 0.05) is 13.1 Å². The zero-order valence-corrected chi connectivity index (χ0v) is 11.0. The van der Waals surface area contributed by atoms with Crippen molar-refractivity contribution in [2.24, 2.45) is 12.9 Å². The molecule has 0 aliphatic carbocycles. The van der Waals surface area contributed by atoms with Crippen LogP contribution < -0.4 is 11.3 Å². The van der Waals surface area contributed by atoms with E-state index in [2.05, 4.69) is 10.5 Å². The molecule has 0 aliphatic heterocycles. The Hall–Kier alpha value is -1.50. The summed E-state index contributed by atoms with van der Waals surface area (Å²) >= 11 is 6.02. The predicted molar refractivity (Wildman–Crippen MR) is 68.3 cm³/mol. The van der Waals surface area contributed by atoms with E-state index in [0.717, 1.165) is 6.07 Å². The average Bonchev–Trinajstić information content (AvgIpc) is 2.65. The highest BCUT2D eigenvalue weighted by atomic mass is 35.5. The van der Waals surface area contributed by atoms with E-state index < -0.39 is 11.6 Å². The Labute approximate surface area is 114 Å². The third-order valence-electron chi connectivity index (χ3n) is 2.83. The van der Waals surface area contributed by atoms with Crippen molar-refractivity contribution in [1.82, 2.24) is 15.2 Å². The highest BCUT2D eigenvalue weighted by Crippen LogP contribution is 2.25. The van der Waals surface area contributed by atoms with E-state index in [1.807, 2.05) is 0 Å². The lowest BCUT2D eigenvalue weighted by molar-refractivity contribution is 0.504. The zero-order chi connectivity index (χ0) is 14.0. The summed E-state index contributed by atoms with van der Waals surface area (Å²) in [5.41, 5.74) is 3.73. The average molecular weight is 287 g/mol. The van der Waals surface area contributed by atoms with Crippen molar-refractivity contribution in [3.8, 4) is 0 Å². The molecule has 3 N–H and O–H groups in total. The highest BCUT2D eigenvalue weighted by molar-refractivity contribution is 6.31. The Balaban J connectivity index is 2.29. The molecule has 2 rings (SSSR count). The first-order chi connectivity index (χ1) is 9.01. The van der Waals surface area contributed by atoms with Crippen molar-refractivity contribution >= 4 is 11.6 Å². The summed E-state index contributed by atoms with van der Waals surface area (Å²) in [5, 5.41) is 4.45. The molecule has 7 heteroatoms. The van der Waals surface area contributed by atoms with Crippen LogP contribution in [0.2, 0.25) is 5.02 Å². The van der Waals surface area contributed by atoms with Crippen molar-refractivity contribution in [3.63, 3.8) is 0 Å². The molecule has 2 aromatic rings. The number of nitrogens with zero attached hydrogens (tertiary/aromatic N) is 2. The van der Waals surface area contributed by atoms with Crippen LogP contribution in [0.1, 0.15) is 17.3 Å². The van der Waals surface area contributed by atoms with Crippen LogP contribution in [0.25, 0.3) is 0 Å². The van der Waals surface area contributed by atoms with Crippen LogP contribution in [0.5, 0.6) is 0 Å². The molecule has 0 saturated heterocycles. The Morgan fingerprint density at radius 2 is 2.00 bits per heavy atom. The second-order valence-corrected chi connectivity index (χ2v) is 4.61. The molecule has 1 unspecified atom stereocenters. The molecule has 19 heavy (non-hydrogen) atoms. The maximum absolute atomic E-state index is 13.1. The number of hydrogen-bond donors (Lipinski definition) is 2. The summed E-state index contributed by atoms with van der Waals surface area (Å²) in [5.74, 6) is 4.24. The van der Waals surface area contributed by atoms with Gasteiger partial charge in [-0.2, -0.15) is 5.10 Å². The third kappa shape index (κ3) is 3.09. The lowest BCUT2D eigenvalue weighted by Gasteiger charge is -2.17. The number of rotatable bonds is 4. The summed E-state index contributed by atoms with van der Waals surface area (Å²) < 4.78 is 27.9. The molecule has 0 spiro atoms. The first-order valence-electron chi connectivity index (χ1n) is 5.59. The number of hydrogen-bond acceptors (Lipinski definition) is 3. The van der Waals surface area contributed by atoms with Gasteiger partial charge in [-0.25, -0.2) is 8.78 Å². The molecule has 1 atom stereocenters. The van der Waals surface area contributed by atoms with Crippen LogP contribution in [0.15, 0.2) is 24.4 Å². The Morgan fingerprint density at radius 1 is 1.37 bits per heavy atom. The monoisotopic (exact) mass is 286 g/mol. The highest BCUT2D eigenvalue weighted by Gasteiger charge is 2.19. The number of aromatic nitrogens is 2. The van der Waals surface area contributed by atoms with Gasteiger partial charge in [0.1, 0.15) is 11.6 Å². The lowest BCUT2D eigenvalue weighted by Crippen LogP contribution is -2.31. The second kappa shape index (κ2) is 5.64. The summed E-state index contributed by atoms with van der Waals surface area (Å²) in [6, 6.07) is 2.96. The van der Waals surface area contributed by atoms with Gasteiger partial charge in [0.25, 0.3) is 0 Å². The van der Waals surface area contributed by atoms with E-state index in [-0.39, 0.29) is 6.04 Å². The quantitative estimate of drug-likeness (QED) is 0.668. The topological polar surface area (TPSA) is 55.9 Å². The van der Waals surface area contributed by atoms with Crippen LogP contribution in [0.4, 0.5) is 8.78 Å². The minimum absolute atomic E-state index is 0.296. The smallest absolute Gasteiger partial charge is 0.126 e. The van der Waals surface area contributed by atoms with Gasteiger partial charge in [0.2, 0.25) is 0 Å². The van der Waals surface area contributed by atoms with Crippen LogP contribution in [0, 0.1) is 11.6 Å². The van der Waals surface area contributed by atoms with E-state index in [4.69, 9.17) is 17.4 Å². The maximum atomic E-state index is 13.1. The number of nitrogens with one attached hydrogen (secondary N) is 1.